The molecule has 0 aliphatic carbocycles. The van der Waals surface area contributed by atoms with Gasteiger partial charge in [0.05, 0.1) is 11.4 Å². The molecule has 104 valence electrons. The summed E-state index contributed by atoms with van der Waals surface area (Å²) in [6.45, 7) is 0. The third-order valence-electron chi connectivity index (χ3n) is 2.43. The summed E-state index contributed by atoms with van der Waals surface area (Å²) in [5, 5.41) is 8.22. The van der Waals surface area contributed by atoms with Gasteiger partial charge in [-0.05, 0) is 60.4 Å². The average molecular weight is 285 g/mol. The molecule has 0 heterocycles. The highest BCUT2D eigenvalue weighted by Crippen LogP contribution is 2.21. The third kappa shape index (κ3) is 4.78. The second-order valence-corrected chi connectivity index (χ2v) is 4.01. The van der Waals surface area contributed by atoms with Crippen LogP contribution in [0.15, 0.2) is 58.8 Å². The predicted octanol–water partition coefficient (Wildman–Crippen LogP) is 3.66. The SMILES string of the molecule is C#CC#CC#COc1ccc(N=Nc2ccc(N)cc2)cc1. The van der Waals surface area contributed by atoms with Gasteiger partial charge in [-0.25, -0.2) is 0 Å². The van der Waals surface area contributed by atoms with E-state index in [0.717, 1.165) is 5.69 Å². The number of terminal acetylenes is 1. The molecule has 0 radical (unpaired) electrons. The fraction of sp³-hybridized carbons (Fsp3) is 0. The fourth-order valence-electron chi connectivity index (χ4n) is 1.41. The predicted molar refractivity (Wildman–Crippen MR) is 86.5 cm³/mol. The van der Waals surface area contributed by atoms with Gasteiger partial charge in [-0.2, -0.15) is 10.2 Å². The van der Waals surface area contributed by atoms with E-state index >= 15 is 0 Å². The van der Waals surface area contributed by atoms with E-state index in [4.69, 9.17) is 16.9 Å². The van der Waals surface area contributed by atoms with E-state index < -0.39 is 0 Å². The van der Waals surface area contributed by atoms with Crippen LogP contribution in [-0.2, 0) is 0 Å². The average Bonchev–Trinajstić information content (AvgIpc) is 2.55. The van der Waals surface area contributed by atoms with Crippen molar-refractivity contribution in [2.24, 2.45) is 10.2 Å². The number of benzene rings is 2. The highest BCUT2D eigenvalue weighted by Gasteiger charge is 1.94. The van der Waals surface area contributed by atoms with Crippen molar-refractivity contribution in [3.8, 4) is 42.0 Å². The molecule has 2 N–H and O–H groups in total. The van der Waals surface area contributed by atoms with Gasteiger partial charge in [0.1, 0.15) is 11.9 Å². The zero-order valence-electron chi connectivity index (χ0n) is 11.6. The standard InChI is InChI=1S/C18H11N3O/c1-2-3-4-5-14-22-18-12-10-17(11-13-18)21-20-16-8-6-15(19)7-9-16/h1,6-13H,19H2. The van der Waals surface area contributed by atoms with Crippen LogP contribution < -0.4 is 10.5 Å². The zero-order chi connectivity index (χ0) is 15.6. The molecule has 0 unspecified atom stereocenters. The van der Waals surface area contributed by atoms with Crippen molar-refractivity contribution in [1.82, 2.24) is 0 Å². The summed E-state index contributed by atoms with van der Waals surface area (Å²) in [4.78, 5) is 0. The number of hydrogen-bond acceptors (Lipinski definition) is 4. The van der Waals surface area contributed by atoms with Crippen molar-refractivity contribution in [2.45, 2.75) is 0 Å². The molecule has 2 rings (SSSR count). The molecule has 0 aliphatic heterocycles. The minimum atomic E-state index is 0.585. The molecular weight excluding hydrogens is 274 g/mol. The number of anilines is 1. The lowest BCUT2D eigenvalue weighted by Gasteiger charge is -1.97. The molecule has 4 heteroatoms. The van der Waals surface area contributed by atoms with Gasteiger partial charge in [0.15, 0.2) is 0 Å². The van der Waals surface area contributed by atoms with Crippen LogP contribution in [0.5, 0.6) is 5.75 Å². The molecule has 0 fully saturated rings. The van der Waals surface area contributed by atoms with Crippen molar-refractivity contribution in [2.75, 3.05) is 5.73 Å². The van der Waals surface area contributed by atoms with Gasteiger partial charge in [-0.1, -0.05) is 0 Å². The summed E-state index contributed by atoms with van der Waals surface area (Å²) >= 11 is 0. The van der Waals surface area contributed by atoms with E-state index in [1.54, 1.807) is 48.5 Å². The van der Waals surface area contributed by atoms with Gasteiger partial charge < -0.3 is 10.5 Å². The van der Waals surface area contributed by atoms with Gasteiger partial charge in [-0.3, -0.25) is 0 Å². The molecule has 0 bridgehead atoms. The van der Waals surface area contributed by atoms with Crippen molar-refractivity contribution < 1.29 is 4.74 Å². The largest absolute Gasteiger partial charge is 0.407 e. The van der Waals surface area contributed by atoms with Crippen LogP contribution in [0.25, 0.3) is 0 Å². The minimum absolute atomic E-state index is 0.585. The molecule has 0 aliphatic rings. The van der Waals surface area contributed by atoms with E-state index in [-0.39, 0.29) is 0 Å². The Labute approximate surface area is 129 Å². The number of hydrogen-bond donors (Lipinski definition) is 1. The van der Waals surface area contributed by atoms with Crippen molar-refractivity contribution >= 4 is 17.1 Å². The summed E-state index contributed by atoms with van der Waals surface area (Å²) in [5.41, 5.74) is 7.72. The maximum atomic E-state index is 5.60. The van der Waals surface area contributed by atoms with Crippen molar-refractivity contribution in [3.05, 3.63) is 48.5 Å². The molecule has 2 aromatic carbocycles. The highest BCUT2D eigenvalue weighted by atomic mass is 16.5. The quantitative estimate of drug-likeness (QED) is 0.531. The van der Waals surface area contributed by atoms with E-state index in [1.807, 2.05) is 0 Å². The number of rotatable bonds is 3. The molecule has 4 nitrogen and oxygen atoms in total. The Morgan fingerprint density at radius 3 is 2.00 bits per heavy atom. The highest BCUT2D eigenvalue weighted by molar-refractivity contribution is 5.48. The number of ether oxygens (including phenoxy) is 1. The lowest BCUT2D eigenvalue weighted by Crippen LogP contribution is -1.81. The normalized spacial score (nSPS) is 9.05. The summed E-state index contributed by atoms with van der Waals surface area (Å²) in [6.07, 6.45) is 7.39. The Balaban J connectivity index is 1.98. The van der Waals surface area contributed by atoms with E-state index in [0.29, 0.717) is 17.1 Å². The maximum absolute atomic E-state index is 5.60. The molecule has 0 atom stereocenters. The van der Waals surface area contributed by atoms with Gasteiger partial charge >= 0.3 is 0 Å². The van der Waals surface area contributed by atoms with E-state index in [2.05, 4.69) is 40.0 Å². The molecule has 0 amide bonds. The Hall–Kier alpha value is -3.68. The van der Waals surface area contributed by atoms with Gasteiger partial charge in [0, 0.05) is 17.5 Å². The smallest absolute Gasteiger partial charge is 0.140 e. The number of azo groups is 1. The number of nitrogens with zero attached hydrogens (tertiary/aromatic N) is 2. The molecule has 0 saturated carbocycles. The van der Waals surface area contributed by atoms with Crippen LogP contribution in [0.4, 0.5) is 17.1 Å². The minimum Gasteiger partial charge on any atom is -0.407 e. The number of nitrogen functional groups attached to an aromatic ring is 1. The zero-order valence-corrected chi connectivity index (χ0v) is 11.6. The van der Waals surface area contributed by atoms with Crippen LogP contribution in [0, 0.1) is 36.2 Å². The summed E-state index contributed by atoms with van der Waals surface area (Å²) < 4.78 is 5.17. The first kappa shape index (κ1) is 14.7. The fourth-order valence-corrected chi connectivity index (χ4v) is 1.41. The third-order valence-corrected chi connectivity index (χ3v) is 2.43. The lowest BCUT2D eigenvalue weighted by atomic mass is 10.3. The van der Waals surface area contributed by atoms with Crippen molar-refractivity contribution in [3.63, 3.8) is 0 Å². The molecular formula is C18H11N3O. The molecule has 0 saturated heterocycles. The first-order valence-electron chi connectivity index (χ1n) is 6.28. The second-order valence-electron chi connectivity index (χ2n) is 4.01. The van der Waals surface area contributed by atoms with E-state index in [1.165, 1.54) is 0 Å². The summed E-state index contributed by atoms with van der Waals surface area (Å²) in [7, 11) is 0. The van der Waals surface area contributed by atoms with Gasteiger partial charge in [-0.15, -0.1) is 6.42 Å². The van der Waals surface area contributed by atoms with Gasteiger partial charge in [0.25, 0.3) is 0 Å². The van der Waals surface area contributed by atoms with Crippen LogP contribution in [-0.4, -0.2) is 0 Å². The topological polar surface area (TPSA) is 60.0 Å². The van der Waals surface area contributed by atoms with Gasteiger partial charge in [0.2, 0.25) is 0 Å². The Morgan fingerprint density at radius 2 is 1.41 bits per heavy atom. The van der Waals surface area contributed by atoms with Crippen LogP contribution in [0.2, 0.25) is 0 Å². The maximum Gasteiger partial charge on any atom is 0.140 e. The number of nitrogens with two attached hydrogens (primary N) is 1. The molecule has 0 aromatic heterocycles. The Morgan fingerprint density at radius 1 is 0.818 bits per heavy atom. The molecule has 22 heavy (non-hydrogen) atoms. The second kappa shape index (κ2) is 7.80. The van der Waals surface area contributed by atoms with E-state index in [9.17, 15) is 0 Å². The Kier molecular flexibility index (Phi) is 5.22. The molecule has 2 aromatic rings. The monoisotopic (exact) mass is 285 g/mol. The van der Waals surface area contributed by atoms with Crippen LogP contribution in [0.1, 0.15) is 0 Å². The first-order valence-corrected chi connectivity index (χ1v) is 6.28. The summed E-state index contributed by atoms with van der Waals surface area (Å²) in [6, 6.07) is 14.1. The molecule has 0 spiro atoms. The van der Waals surface area contributed by atoms with Crippen molar-refractivity contribution in [1.29, 1.82) is 0 Å². The lowest BCUT2D eigenvalue weighted by molar-refractivity contribution is 0.520. The Bertz CT molecular complexity index is 821. The van der Waals surface area contributed by atoms with Crippen LogP contribution in [0.3, 0.4) is 0 Å². The first-order chi connectivity index (χ1) is 10.8. The van der Waals surface area contributed by atoms with Crippen LogP contribution >= 0.6 is 0 Å². The summed E-state index contributed by atoms with van der Waals surface area (Å²) in [5.74, 6) is 10.0.